The number of phenolic OH excluding ortho intramolecular Hbond substituents is 1. The van der Waals surface area contributed by atoms with E-state index in [9.17, 15) is 14.7 Å². The number of allylic oxidation sites excluding steroid dienone is 3. The summed E-state index contributed by atoms with van der Waals surface area (Å²) in [4.78, 5) is 27.1. The molecule has 2 aromatic carbocycles. The number of aromatic hydroxyl groups is 1. The summed E-state index contributed by atoms with van der Waals surface area (Å²) in [5.74, 6) is -0.792. The number of esters is 1. The quantitative estimate of drug-likeness (QED) is 0.435. The largest absolute Gasteiger partial charge is 0.504 e. The highest BCUT2D eigenvalue weighted by Crippen LogP contribution is 2.47. The number of hydrogen-bond acceptors (Lipinski definition) is 6. The first-order chi connectivity index (χ1) is 17.2. The second-order valence-electron chi connectivity index (χ2n) is 9.35. The number of carbonyl (C=O) groups excluding carboxylic acids is 2. The van der Waals surface area contributed by atoms with Crippen molar-refractivity contribution in [2.24, 2.45) is 0 Å². The van der Waals surface area contributed by atoms with Crippen LogP contribution in [0.15, 0.2) is 65.0 Å². The fraction of sp³-hybridized carbons (Fsp3) is 0.379. The van der Waals surface area contributed by atoms with Gasteiger partial charge in [-0.2, -0.15) is 0 Å². The summed E-state index contributed by atoms with van der Waals surface area (Å²) in [5, 5.41) is 14.3. The Bertz CT molecular complexity index is 1230. The van der Waals surface area contributed by atoms with Gasteiger partial charge in [0, 0.05) is 34.3 Å². The van der Waals surface area contributed by atoms with E-state index >= 15 is 0 Å². The van der Waals surface area contributed by atoms with Crippen LogP contribution in [0.3, 0.4) is 0 Å². The maximum absolute atomic E-state index is 13.7. The van der Waals surface area contributed by atoms with Gasteiger partial charge in [0.25, 0.3) is 0 Å². The zero-order valence-electron chi connectivity index (χ0n) is 21.1. The van der Waals surface area contributed by atoms with Crippen molar-refractivity contribution in [2.45, 2.75) is 64.9 Å². The predicted molar refractivity (Wildman–Crippen MR) is 139 cm³/mol. The summed E-state index contributed by atoms with van der Waals surface area (Å²) in [5.41, 5.74) is 4.17. The van der Waals surface area contributed by atoms with E-state index < -0.39 is 11.9 Å². The fourth-order valence-corrected chi connectivity index (χ4v) is 5.05. The third-order valence-electron chi connectivity index (χ3n) is 6.89. The molecule has 3 atom stereocenters. The Hall–Kier alpha value is -3.25. The number of nitrogens with one attached hydrogen (secondary N) is 1. The molecule has 2 N–H and O–H groups in total. The third kappa shape index (κ3) is 5.14. The zero-order valence-corrected chi connectivity index (χ0v) is 21.8. The second kappa shape index (κ2) is 10.8. The summed E-state index contributed by atoms with van der Waals surface area (Å²) in [6.07, 6.45) is 1.37. The van der Waals surface area contributed by atoms with Crippen LogP contribution in [0.1, 0.15) is 69.9 Å². The molecule has 0 bridgehead atoms. The number of rotatable bonds is 7. The molecule has 0 saturated carbocycles. The summed E-state index contributed by atoms with van der Waals surface area (Å²) in [7, 11) is 0. The summed E-state index contributed by atoms with van der Waals surface area (Å²) >= 11 is 6.07. The van der Waals surface area contributed by atoms with E-state index in [1.54, 1.807) is 18.2 Å². The minimum absolute atomic E-state index is 0.00175. The molecule has 0 radical (unpaired) electrons. The van der Waals surface area contributed by atoms with Crippen molar-refractivity contribution in [1.82, 2.24) is 5.32 Å². The van der Waals surface area contributed by atoms with Gasteiger partial charge in [0.1, 0.15) is 0 Å². The van der Waals surface area contributed by atoms with Gasteiger partial charge in [-0.1, -0.05) is 36.7 Å². The fourth-order valence-electron chi connectivity index (χ4n) is 4.92. The maximum atomic E-state index is 13.7. The standard InChI is InChI=1S/C29H32ClNO5/c1-5-16(3)36-29(34)26-17(4)31-22-13-20(18-7-10-21(30)11-8-18)14-24(33)28(22)27(26)19-9-12-23(32)25(15-19)35-6-2/h7-12,15-16,20,27,31-32H,5-6,13-14H2,1-4H3/t16-,20-,27+/m1/s1. The predicted octanol–water partition coefficient (Wildman–Crippen LogP) is 6.15. The number of benzene rings is 2. The molecule has 0 spiro atoms. The van der Waals surface area contributed by atoms with Crippen LogP contribution in [0.2, 0.25) is 5.02 Å². The van der Waals surface area contributed by atoms with Crippen LogP contribution in [-0.4, -0.2) is 29.6 Å². The van der Waals surface area contributed by atoms with Crippen LogP contribution in [0.4, 0.5) is 0 Å². The lowest BCUT2D eigenvalue weighted by Gasteiger charge is -2.37. The van der Waals surface area contributed by atoms with Gasteiger partial charge in [-0.15, -0.1) is 0 Å². The smallest absolute Gasteiger partial charge is 0.337 e. The second-order valence-corrected chi connectivity index (χ2v) is 9.79. The first kappa shape index (κ1) is 25.8. The molecule has 7 heteroatoms. The highest BCUT2D eigenvalue weighted by Gasteiger charge is 2.42. The van der Waals surface area contributed by atoms with Crippen molar-refractivity contribution in [3.05, 3.63) is 81.2 Å². The van der Waals surface area contributed by atoms with E-state index in [2.05, 4.69) is 5.32 Å². The van der Waals surface area contributed by atoms with Gasteiger partial charge in [-0.3, -0.25) is 4.79 Å². The van der Waals surface area contributed by atoms with Crippen LogP contribution in [0.25, 0.3) is 0 Å². The van der Waals surface area contributed by atoms with Crippen molar-refractivity contribution in [1.29, 1.82) is 0 Å². The lowest BCUT2D eigenvalue weighted by atomic mass is 9.71. The SMILES string of the molecule is CCOc1cc([C@H]2C(C(=O)O[C@H](C)CC)=C(C)NC3=C2C(=O)C[C@H](c2ccc(Cl)cc2)C3)ccc1O. The lowest BCUT2D eigenvalue weighted by molar-refractivity contribution is -0.144. The molecule has 190 valence electrons. The van der Waals surface area contributed by atoms with Gasteiger partial charge in [-0.05, 0) is 74.9 Å². The summed E-state index contributed by atoms with van der Waals surface area (Å²) in [6, 6.07) is 12.6. The van der Waals surface area contributed by atoms with Gasteiger partial charge in [0.15, 0.2) is 17.3 Å². The number of ether oxygens (including phenoxy) is 2. The Morgan fingerprint density at radius 1 is 1.14 bits per heavy atom. The number of hydrogen-bond donors (Lipinski definition) is 2. The molecule has 0 saturated heterocycles. The van der Waals surface area contributed by atoms with E-state index in [1.807, 2.05) is 52.0 Å². The highest BCUT2D eigenvalue weighted by molar-refractivity contribution is 6.30. The van der Waals surface area contributed by atoms with Gasteiger partial charge in [0.05, 0.1) is 18.3 Å². The maximum Gasteiger partial charge on any atom is 0.337 e. The molecular formula is C29H32ClNO5. The van der Waals surface area contributed by atoms with E-state index in [4.69, 9.17) is 21.1 Å². The molecule has 1 aliphatic heterocycles. The van der Waals surface area contributed by atoms with Crippen molar-refractivity contribution >= 4 is 23.4 Å². The van der Waals surface area contributed by atoms with Gasteiger partial charge < -0.3 is 19.9 Å². The first-order valence-electron chi connectivity index (χ1n) is 12.4. The number of halogens is 1. The molecular weight excluding hydrogens is 478 g/mol. The third-order valence-corrected chi connectivity index (χ3v) is 7.14. The summed E-state index contributed by atoms with van der Waals surface area (Å²) in [6.45, 7) is 7.84. The van der Waals surface area contributed by atoms with Crippen molar-refractivity contribution in [3.63, 3.8) is 0 Å². The van der Waals surface area contributed by atoms with Crippen LogP contribution in [0, 0.1) is 0 Å². The highest BCUT2D eigenvalue weighted by atomic mass is 35.5. The van der Waals surface area contributed by atoms with Crippen LogP contribution < -0.4 is 10.1 Å². The van der Waals surface area contributed by atoms with E-state index in [1.165, 1.54) is 0 Å². The lowest BCUT2D eigenvalue weighted by Crippen LogP contribution is -2.36. The topological polar surface area (TPSA) is 84.9 Å². The number of phenols is 1. The molecule has 2 aliphatic rings. The Labute approximate surface area is 216 Å². The molecule has 0 fully saturated rings. The minimum Gasteiger partial charge on any atom is -0.504 e. The van der Waals surface area contributed by atoms with E-state index in [0.29, 0.717) is 59.0 Å². The molecule has 36 heavy (non-hydrogen) atoms. The van der Waals surface area contributed by atoms with Crippen molar-refractivity contribution < 1.29 is 24.2 Å². The normalized spacial score (nSPS) is 20.5. The number of ketones is 1. The molecule has 6 nitrogen and oxygen atoms in total. The Morgan fingerprint density at radius 2 is 1.83 bits per heavy atom. The van der Waals surface area contributed by atoms with Gasteiger partial charge in [-0.25, -0.2) is 4.79 Å². The van der Waals surface area contributed by atoms with E-state index in [-0.39, 0.29) is 23.6 Å². The minimum atomic E-state index is -0.628. The van der Waals surface area contributed by atoms with Crippen LogP contribution in [-0.2, 0) is 14.3 Å². The first-order valence-corrected chi connectivity index (χ1v) is 12.8. The Kier molecular flexibility index (Phi) is 7.74. The molecule has 1 heterocycles. The molecule has 0 aromatic heterocycles. The van der Waals surface area contributed by atoms with Crippen LogP contribution >= 0.6 is 11.6 Å². The van der Waals surface area contributed by atoms with Crippen LogP contribution in [0.5, 0.6) is 11.5 Å². The average molecular weight is 510 g/mol. The number of carbonyl (C=O) groups is 2. The monoisotopic (exact) mass is 509 g/mol. The molecule has 0 unspecified atom stereocenters. The average Bonchev–Trinajstić information content (AvgIpc) is 2.84. The molecule has 4 rings (SSSR count). The Morgan fingerprint density at radius 3 is 2.50 bits per heavy atom. The molecule has 0 amide bonds. The number of Topliss-reactive ketones (excluding diaryl/α,β-unsaturated/α-hetero) is 1. The van der Waals surface area contributed by atoms with Crippen molar-refractivity contribution in [3.8, 4) is 11.5 Å². The zero-order chi connectivity index (χ0) is 26.0. The van der Waals surface area contributed by atoms with Crippen molar-refractivity contribution in [2.75, 3.05) is 6.61 Å². The van der Waals surface area contributed by atoms with E-state index in [0.717, 1.165) is 11.3 Å². The van der Waals surface area contributed by atoms with Gasteiger partial charge in [0.2, 0.25) is 0 Å². The number of dihydropyridines is 1. The Balaban J connectivity index is 1.81. The van der Waals surface area contributed by atoms with Gasteiger partial charge >= 0.3 is 5.97 Å². The summed E-state index contributed by atoms with van der Waals surface area (Å²) < 4.78 is 11.3. The molecule has 1 aliphatic carbocycles. The molecule has 2 aromatic rings.